The van der Waals surface area contributed by atoms with Crippen molar-refractivity contribution in [3.63, 3.8) is 0 Å². The Hall–Kier alpha value is -1.65. The Balaban J connectivity index is 0.000000262. The molecule has 0 aromatic rings. The second-order valence-electron chi connectivity index (χ2n) is 3.04. The van der Waals surface area contributed by atoms with Crippen molar-refractivity contribution in [2.24, 2.45) is 0 Å². The summed E-state index contributed by atoms with van der Waals surface area (Å²) in [5.41, 5.74) is 0. The van der Waals surface area contributed by atoms with Crippen LogP contribution in [0.5, 0.6) is 0 Å². The zero-order valence-electron chi connectivity index (χ0n) is 8.66. The van der Waals surface area contributed by atoms with E-state index in [4.69, 9.17) is 5.11 Å². The van der Waals surface area contributed by atoms with Crippen LogP contribution in [-0.2, 0) is 14.4 Å². The number of rotatable bonds is 4. The molecular formula is C10H15NO4. The second-order valence-corrected chi connectivity index (χ2v) is 3.04. The summed E-state index contributed by atoms with van der Waals surface area (Å²) < 4.78 is 0. The van der Waals surface area contributed by atoms with Crippen LogP contribution in [0.3, 0.4) is 0 Å². The van der Waals surface area contributed by atoms with E-state index in [1.54, 1.807) is 0 Å². The zero-order valence-corrected chi connectivity index (χ0v) is 8.66. The van der Waals surface area contributed by atoms with E-state index in [0.29, 0.717) is 6.42 Å². The average Bonchev–Trinajstić information content (AvgIpc) is 2.51. The lowest BCUT2D eigenvalue weighted by Gasteiger charge is -1.89. The lowest BCUT2D eigenvalue weighted by atomic mass is 10.2. The molecule has 84 valence electrons. The Bertz CT molecular complexity index is 255. The normalized spacial score (nSPS) is 13.1. The van der Waals surface area contributed by atoms with Gasteiger partial charge in [-0.15, -0.1) is 0 Å². The van der Waals surface area contributed by atoms with E-state index >= 15 is 0 Å². The first kappa shape index (κ1) is 13.4. The fourth-order valence-electron chi connectivity index (χ4n) is 0.882. The summed E-state index contributed by atoms with van der Waals surface area (Å²) in [5, 5.41) is 10.2. The summed E-state index contributed by atoms with van der Waals surface area (Å²) in [6, 6.07) is 0. The van der Waals surface area contributed by atoms with Crippen molar-refractivity contribution in [1.82, 2.24) is 5.32 Å². The molecule has 0 bridgehead atoms. The van der Waals surface area contributed by atoms with E-state index in [1.807, 2.05) is 5.32 Å². The molecule has 0 saturated heterocycles. The molecule has 15 heavy (non-hydrogen) atoms. The number of unbranched alkanes of at least 4 members (excludes halogenated alkanes) is 2. The van der Waals surface area contributed by atoms with E-state index < -0.39 is 5.97 Å². The molecule has 5 nitrogen and oxygen atoms in total. The largest absolute Gasteiger partial charge is 0.481 e. The number of amides is 2. The minimum Gasteiger partial charge on any atom is -0.481 e. The summed E-state index contributed by atoms with van der Waals surface area (Å²) >= 11 is 0. The first-order chi connectivity index (χ1) is 7.06. The van der Waals surface area contributed by atoms with Crippen LogP contribution in [0.2, 0.25) is 0 Å². The summed E-state index contributed by atoms with van der Waals surface area (Å²) in [4.78, 5) is 29.9. The van der Waals surface area contributed by atoms with Crippen LogP contribution >= 0.6 is 0 Å². The fraction of sp³-hybridized carbons (Fsp3) is 0.500. The van der Waals surface area contributed by atoms with E-state index in [-0.39, 0.29) is 11.8 Å². The van der Waals surface area contributed by atoms with Gasteiger partial charge in [0.1, 0.15) is 0 Å². The molecular weight excluding hydrogens is 198 g/mol. The Morgan fingerprint density at radius 2 is 1.80 bits per heavy atom. The maximum absolute atomic E-state index is 10.0. The Morgan fingerprint density at radius 3 is 2.07 bits per heavy atom. The number of hydrogen-bond acceptors (Lipinski definition) is 3. The van der Waals surface area contributed by atoms with Gasteiger partial charge in [-0.1, -0.05) is 19.8 Å². The third-order valence-electron chi connectivity index (χ3n) is 1.63. The summed E-state index contributed by atoms with van der Waals surface area (Å²) in [5.74, 6) is -1.34. The molecule has 0 aliphatic carbocycles. The van der Waals surface area contributed by atoms with Crippen molar-refractivity contribution in [3.05, 3.63) is 12.2 Å². The van der Waals surface area contributed by atoms with Gasteiger partial charge in [-0.05, 0) is 6.42 Å². The Kier molecular flexibility index (Phi) is 6.88. The van der Waals surface area contributed by atoms with Crippen molar-refractivity contribution in [2.75, 3.05) is 0 Å². The van der Waals surface area contributed by atoms with Gasteiger partial charge in [0.2, 0.25) is 0 Å². The number of aliphatic carboxylic acids is 1. The molecule has 0 unspecified atom stereocenters. The van der Waals surface area contributed by atoms with E-state index in [2.05, 4.69) is 6.92 Å². The highest BCUT2D eigenvalue weighted by atomic mass is 16.4. The van der Waals surface area contributed by atoms with Gasteiger partial charge in [-0.2, -0.15) is 0 Å². The lowest BCUT2D eigenvalue weighted by Crippen LogP contribution is -2.19. The topological polar surface area (TPSA) is 83.5 Å². The number of nitrogens with one attached hydrogen (secondary N) is 1. The van der Waals surface area contributed by atoms with Crippen molar-refractivity contribution in [2.45, 2.75) is 32.6 Å². The number of carboxylic acids is 1. The van der Waals surface area contributed by atoms with Crippen LogP contribution in [0.15, 0.2) is 12.2 Å². The standard InChI is InChI=1S/C6H12O2.C4H3NO2/c1-2-3-4-5-6(7)8;6-3-1-2-4(7)5-3/h2-5H2,1H3,(H,7,8);1-2H,(H,5,6,7). The number of imide groups is 1. The minimum absolute atomic E-state index is 0.327. The van der Waals surface area contributed by atoms with Crippen molar-refractivity contribution < 1.29 is 19.5 Å². The van der Waals surface area contributed by atoms with Crippen LogP contribution in [-0.4, -0.2) is 22.9 Å². The third-order valence-corrected chi connectivity index (χ3v) is 1.63. The smallest absolute Gasteiger partial charge is 0.303 e. The van der Waals surface area contributed by atoms with Gasteiger partial charge in [0.05, 0.1) is 0 Å². The van der Waals surface area contributed by atoms with Crippen LogP contribution in [0.25, 0.3) is 0 Å². The Labute approximate surface area is 88.2 Å². The van der Waals surface area contributed by atoms with E-state index in [0.717, 1.165) is 19.3 Å². The van der Waals surface area contributed by atoms with Crippen LogP contribution in [0, 0.1) is 0 Å². The molecule has 1 aliphatic rings. The second kappa shape index (κ2) is 7.73. The number of carboxylic acid groups (broad SMARTS) is 1. The maximum atomic E-state index is 10.0. The van der Waals surface area contributed by atoms with Crippen LogP contribution in [0.1, 0.15) is 32.6 Å². The lowest BCUT2D eigenvalue weighted by molar-refractivity contribution is -0.137. The van der Waals surface area contributed by atoms with E-state index in [1.165, 1.54) is 12.2 Å². The molecule has 0 fully saturated rings. The molecule has 0 atom stereocenters. The molecule has 2 amide bonds. The van der Waals surface area contributed by atoms with Crippen molar-refractivity contribution >= 4 is 17.8 Å². The molecule has 0 saturated carbocycles. The van der Waals surface area contributed by atoms with E-state index in [9.17, 15) is 14.4 Å². The first-order valence-corrected chi connectivity index (χ1v) is 4.81. The maximum Gasteiger partial charge on any atom is 0.303 e. The van der Waals surface area contributed by atoms with Gasteiger partial charge < -0.3 is 5.11 Å². The predicted molar refractivity (Wildman–Crippen MR) is 54.1 cm³/mol. The van der Waals surface area contributed by atoms with Gasteiger partial charge in [0.25, 0.3) is 11.8 Å². The Morgan fingerprint density at radius 1 is 1.27 bits per heavy atom. The highest BCUT2D eigenvalue weighted by molar-refractivity contribution is 6.12. The number of carbonyl (C=O) groups is 3. The third kappa shape index (κ3) is 8.67. The minimum atomic E-state index is -0.682. The molecule has 0 aromatic carbocycles. The van der Waals surface area contributed by atoms with Gasteiger partial charge in [-0.3, -0.25) is 19.7 Å². The van der Waals surface area contributed by atoms with Crippen LogP contribution < -0.4 is 5.32 Å². The average molecular weight is 213 g/mol. The van der Waals surface area contributed by atoms with Crippen molar-refractivity contribution in [1.29, 1.82) is 0 Å². The molecule has 0 radical (unpaired) electrons. The molecule has 1 heterocycles. The van der Waals surface area contributed by atoms with Gasteiger partial charge in [0, 0.05) is 18.6 Å². The predicted octanol–water partition coefficient (Wildman–Crippen LogP) is 0.850. The monoisotopic (exact) mass is 213 g/mol. The molecule has 0 spiro atoms. The zero-order chi connectivity index (χ0) is 11.7. The summed E-state index contributed by atoms with van der Waals surface area (Å²) in [6.45, 7) is 2.06. The molecule has 5 heteroatoms. The first-order valence-electron chi connectivity index (χ1n) is 4.81. The number of hydrogen-bond donors (Lipinski definition) is 2. The molecule has 1 rings (SSSR count). The van der Waals surface area contributed by atoms with Crippen molar-refractivity contribution in [3.8, 4) is 0 Å². The van der Waals surface area contributed by atoms with Crippen LogP contribution in [0.4, 0.5) is 0 Å². The molecule has 1 aliphatic heterocycles. The van der Waals surface area contributed by atoms with Gasteiger partial charge >= 0.3 is 5.97 Å². The summed E-state index contributed by atoms with van der Waals surface area (Å²) in [7, 11) is 0. The van der Waals surface area contributed by atoms with Gasteiger partial charge in [-0.25, -0.2) is 0 Å². The number of carbonyl (C=O) groups excluding carboxylic acids is 2. The molecule has 2 N–H and O–H groups in total. The highest BCUT2D eigenvalue weighted by Gasteiger charge is 2.06. The molecule has 0 aromatic heterocycles. The fourth-order valence-corrected chi connectivity index (χ4v) is 0.882. The van der Waals surface area contributed by atoms with Gasteiger partial charge in [0.15, 0.2) is 0 Å². The quantitative estimate of drug-likeness (QED) is 0.535. The SMILES string of the molecule is CCCCCC(=O)O.O=C1C=CC(=O)N1. The summed E-state index contributed by atoms with van der Waals surface area (Å²) in [6.07, 6.45) is 5.67. The highest BCUT2D eigenvalue weighted by Crippen LogP contribution is 1.97.